The van der Waals surface area contributed by atoms with Crippen LogP contribution in [0.1, 0.15) is 57.8 Å². The SMILES string of the molecule is OCC1(CC23CC4CC(CC(C4)C2)C3)CCCNC1. The molecule has 0 aromatic rings. The molecule has 0 amide bonds. The molecular weight excluding hydrogens is 234 g/mol. The van der Waals surface area contributed by atoms with E-state index in [9.17, 15) is 5.11 Å². The Hall–Kier alpha value is -0.0800. The Labute approximate surface area is 117 Å². The van der Waals surface area contributed by atoms with Crippen LogP contribution in [0.5, 0.6) is 0 Å². The quantitative estimate of drug-likeness (QED) is 0.820. The van der Waals surface area contributed by atoms with Gasteiger partial charge in [0.2, 0.25) is 0 Å². The zero-order valence-corrected chi connectivity index (χ0v) is 12.2. The van der Waals surface area contributed by atoms with Gasteiger partial charge in [-0.2, -0.15) is 0 Å². The second-order valence-corrected chi connectivity index (χ2v) is 8.53. The van der Waals surface area contributed by atoms with Crippen molar-refractivity contribution in [2.75, 3.05) is 19.7 Å². The van der Waals surface area contributed by atoms with E-state index in [4.69, 9.17) is 0 Å². The molecular formula is C17H29NO. The molecule has 0 aromatic carbocycles. The highest BCUT2D eigenvalue weighted by molar-refractivity contribution is 5.04. The van der Waals surface area contributed by atoms with Crippen molar-refractivity contribution < 1.29 is 5.11 Å². The minimum Gasteiger partial charge on any atom is -0.396 e. The molecule has 4 aliphatic carbocycles. The molecule has 1 unspecified atom stereocenters. The van der Waals surface area contributed by atoms with E-state index >= 15 is 0 Å². The molecule has 4 saturated carbocycles. The van der Waals surface area contributed by atoms with Crippen LogP contribution >= 0.6 is 0 Å². The van der Waals surface area contributed by atoms with Crippen molar-refractivity contribution in [1.82, 2.24) is 5.32 Å². The van der Waals surface area contributed by atoms with Crippen molar-refractivity contribution in [2.24, 2.45) is 28.6 Å². The van der Waals surface area contributed by atoms with Crippen molar-refractivity contribution in [3.8, 4) is 0 Å². The molecule has 2 heteroatoms. The largest absolute Gasteiger partial charge is 0.396 e. The third kappa shape index (κ3) is 2.15. The lowest BCUT2D eigenvalue weighted by Crippen LogP contribution is -2.52. The molecule has 1 aliphatic heterocycles. The number of hydrogen-bond donors (Lipinski definition) is 2. The summed E-state index contributed by atoms with van der Waals surface area (Å²) in [6.07, 6.45) is 12.9. The number of piperidine rings is 1. The van der Waals surface area contributed by atoms with Crippen LogP contribution in [0.15, 0.2) is 0 Å². The molecule has 19 heavy (non-hydrogen) atoms. The van der Waals surface area contributed by atoms with Crippen molar-refractivity contribution in [3.63, 3.8) is 0 Å². The fourth-order valence-corrected chi connectivity index (χ4v) is 6.67. The molecule has 1 atom stereocenters. The van der Waals surface area contributed by atoms with Crippen LogP contribution < -0.4 is 5.32 Å². The van der Waals surface area contributed by atoms with Crippen molar-refractivity contribution >= 4 is 0 Å². The Kier molecular flexibility index (Phi) is 2.97. The highest BCUT2D eigenvalue weighted by atomic mass is 16.3. The molecule has 0 radical (unpaired) electrons. The summed E-state index contributed by atoms with van der Waals surface area (Å²) in [6.45, 7) is 2.62. The zero-order chi connectivity index (χ0) is 12.9. The van der Waals surface area contributed by atoms with Gasteiger partial charge in [0, 0.05) is 18.6 Å². The first-order chi connectivity index (χ1) is 9.21. The lowest BCUT2D eigenvalue weighted by Gasteiger charge is -2.59. The van der Waals surface area contributed by atoms with Gasteiger partial charge in [0.25, 0.3) is 0 Å². The van der Waals surface area contributed by atoms with Gasteiger partial charge in [-0.3, -0.25) is 0 Å². The van der Waals surface area contributed by atoms with Crippen LogP contribution in [-0.2, 0) is 0 Å². The van der Waals surface area contributed by atoms with E-state index in [2.05, 4.69) is 5.32 Å². The van der Waals surface area contributed by atoms with Gasteiger partial charge in [0.1, 0.15) is 0 Å². The normalized spacial score (nSPS) is 52.6. The van der Waals surface area contributed by atoms with Crippen LogP contribution in [-0.4, -0.2) is 24.8 Å². The van der Waals surface area contributed by atoms with Gasteiger partial charge in [0.15, 0.2) is 0 Å². The summed E-state index contributed by atoms with van der Waals surface area (Å²) in [5.41, 5.74) is 0.834. The molecule has 2 nitrogen and oxygen atoms in total. The number of aliphatic hydroxyl groups is 1. The second kappa shape index (κ2) is 4.46. The molecule has 0 aromatic heterocycles. The maximum absolute atomic E-state index is 10.0. The van der Waals surface area contributed by atoms with Gasteiger partial charge in [-0.1, -0.05) is 0 Å². The highest BCUT2D eigenvalue weighted by Gasteiger charge is 2.53. The summed E-state index contributed by atoms with van der Waals surface area (Å²) in [5.74, 6) is 3.12. The summed E-state index contributed by atoms with van der Waals surface area (Å²) in [7, 11) is 0. The third-order valence-corrected chi connectivity index (χ3v) is 6.81. The van der Waals surface area contributed by atoms with E-state index in [1.165, 1.54) is 57.8 Å². The molecule has 5 aliphatic rings. The number of aliphatic hydroxyl groups excluding tert-OH is 1. The molecule has 5 rings (SSSR count). The maximum Gasteiger partial charge on any atom is 0.0499 e. The number of hydrogen-bond acceptors (Lipinski definition) is 2. The summed E-state index contributed by atoms with van der Waals surface area (Å²) in [6, 6.07) is 0. The fraction of sp³-hybridized carbons (Fsp3) is 1.00. The summed E-state index contributed by atoms with van der Waals surface area (Å²) in [4.78, 5) is 0. The molecule has 4 bridgehead atoms. The van der Waals surface area contributed by atoms with Gasteiger partial charge >= 0.3 is 0 Å². The minimum atomic E-state index is 0.212. The van der Waals surface area contributed by atoms with E-state index in [-0.39, 0.29) is 5.41 Å². The highest BCUT2D eigenvalue weighted by Crippen LogP contribution is 2.63. The minimum absolute atomic E-state index is 0.212. The first-order valence-electron chi connectivity index (χ1n) is 8.53. The predicted molar refractivity (Wildman–Crippen MR) is 76.8 cm³/mol. The standard InChI is InChI=1S/C17H29NO/c19-12-16(2-1-3-18-11-16)10-17-7-13-4-14(8-17)6-15(5-13)9-17/h13-15,18-19H,1-12H2. The molecule has 2 N–H and O–H groups in total. The summed E-state index contributed by atoms with van der Waals surface area (Å²) in [5, 5.41) is 13.6. The van der Waals surface area contributed by atoms with Gasteiger partial charge in [-0.05, 0) is 87.5 Å². The van der Waals surface area contributed by atoms with Crippen LogP contribution in [0.4, 0.5) is 0 Å². The van der Waals surface area contributed by atoms with Gasteiger partial charge in [-0.25, -0.2) is 0 Å². The smallest absolute Gasteiger partial charge is 0.0499 e. The maximum atomic E-state index is 10.0. The fourth-order valence-electron chi connectivity index (χ4n) is 6.67. The van der Waals surface area contributed by atoms with Crippen LogP contribution in [0.25, 0.3) is 0 Å². The number of rotatable bonds is 3. The monoisotopic (exact) mass is 263 g/mol. The van der Waals surface area contributed by atoms with E-state index in [0.29, 0.717) is 12.0 Å². The molecule has 5 fully saturated rings. The van der Waals surface area contributed by atoms with E-state index in [1.54, 1.807) is 0 Å². The molecule has 0 spiro atoms. The van der Waals surface area contributed by atoms with E-state index in [1.807, 2.05) is 0 Å². The topological polar surface area (TPSA) is 32.3 Å². The third-order valence-electron chi connectivity index (χ3n) is 6.81. The summed E-state index contributed by atoms with van der Waals surface area (Å²) >= 11 is 0. The van der Waals surface area contributed by atoms with Crippen LogP contribution in [0.3, 0.4) is 0 Å². The molecule has 1 heterocycles. The first-order valence-corrected chi connectivity index (χ1v) is 8.53. The zero-order valence-electron chi connectivity index (χ0n) is 12.2. The van der Waals surface area contributed by atoms with E-state index in [0.717, 1.165) is 30.8 Å². The van der Waals surface area contributed by atoms with E-state index < -0.39 is 0 Å². The van der Waals surface area contributed by atoms with Crippen LogP contribution in [0, 0.1) is 28.6 Å². The molecule has 108 valence electrons. The number of nitrogens with one attached hydrogen (secondary N) is 1. The van der Waals surface area contributed by atoms with Gasteiger partial charge in [-0.15, -0.1) is 0 Å². The Bertz CT molecular complexity index is 310. The Morgan fingerprint density at radius 2 is 1.63 bits per heavy atom. The Morgan fingerprint density at radius 3 is 2.11 bits per heavy atom. The Morgan fingerprint density at radius 1 is 1.00 bits per heavy atom. The summed E-state index contributed by atoms with van der Waals surface area (Å²) < 4.78 is 0. The predicted octanol–water partition coefficient (Wildman–Crippen LogP) is 2.96. The van der Waals surface area contributed by atoms with Gasteiger partial charge in [0.05, 0.1) is 0 Å². The van der Waals surface area contributed by atoms with Crippen molar-refractivity contribution in [2.45, 2.75) is 57.8 Å². The molecule has 1 saturated heterocycles. The second-order valence-electron chi connectivity index (χ2n) is 8.53. The Balaban J connectivity index is 1.55. The van der Waals surface area contributed by atoms with Crippen molar-refractivity contribution in [1.29, 1.82) is 0 Å². The van der Waals surface area contributed by atoms with Crippen molar-refractivity contribution in [3.05, 3.63) is 0 Å². The lowest BCUT2D eigenvalue weighted by molar-refractivity contribution is -0.0896. The average molecular weight is 263 g/mol. The average Bonchev–Trinajstić information content (AvgIpc) is 2.37. The lowest BCUT2D eigenvalue weighted by atomic mass is 9.46. The van der Waals surface area contributed by atoms with Crippen LogP contribution in [0.2, 0.25) is 0 Å². The first kappa shape index (κ1) is 12.6. The van der Waals surface area contributed by atoms with Gasteiger partial charge < -0.3 is 10.4 Å².